The van der Waals surface area contributed by atoms with Crippen molar-refractivity contribution >= 4 is 16.9 Å². The van der Waals surface area contributed by atoms with Crippen LogP contribution in [0, 0.1) is 12.7 Å². The molecule has 3 aromatic heterocycles. The van der Waals surface area contributed by atoms with E-state index in [0.717, 1.165) is 48.6 Å². The molecule has 0 saturated carbocycles. The Hall–Kier alpha value is -3.30. The van der Waals surface area contributed by atoms with Crippen molar-refractivity contribution in [1.29, 1.82) is 0 Å². The fourth-order valence-corrected chi connectivity index (χ4v) is 3.99. The number of morpholine rings is 1. The number of aryl methyl sites for hydroxylation is 1. The first-order valence-corrected chi connectivity index (χ1v) is 10.8. The van der Waals surface area contributed by atoms with Crippen molar-refractivity contribution in [2.24, 2.45) is 0 Å². The van der Waals surface area contributed by atoms with Crippen molar-refractivity contribution in [2.75, 3.05) is 44.8 Å². The molecule has 0 bridgehead atoms. The molecule has 9 heteroatoms. The van der Waals surface area contributed by atoms with Gasteiger partial charge in [-0.15, -0.1) is 0 Å². The lowest BCUT2D eigenvalue weighted by molar-refractivity contribution is 0.123. The van der Waals surface area contributed by atoms with Gasteiger partial charge in [0.1, 0.15) is 11.3 Å². The number of anilines is 1. The number of nitrogens with zero attached hydrogens (tertiary/aromatic N) is 6. The van der Waals surface area contributed by atoms with Crippen LogP contribution in [0.5, 0.6) is 0 Å². The number of benzene rings is 1. The Kier molecular flexibility index (Phi) is 5.59. The average molecular weight is 436 g/mol. The highest BCUT2D eigenvalue weighted by atomic mass is 19.1. The molecule has 5 rings (SSSR count). The Balaban J connectivity index is 1.60. The van der Waals surface area contributed by atoms with Gasteiger partial charge in [0, 0.05) is 44.0 Å². The van der Waals surface area contributed by atoms with Crippen LogP contribution in [0.2, 0.25) is 0 Å². The highest BCUT2D eigenvalue weighted by Gasteiger charge is 2.20. The number of ether oxygens (including phenoxy) is 1. The molecule has 0 aliphatic carbocycles. The van der Waals surface area contributed by atoms with Crippen LogP contribution in [0.1, 0.15) is 5.56 Å². The summed E-state index contributed by atoms with van der Waals surface area (Å²) in [5, 5.41) is 7.82. The van der Waals surface area contributed by atoms with E-state index < -0.39 is 0 Å². The Morgan fingerprint density at radius 3 is 2.81 bits per heavy atom. The number of rotatable bonds is 6. The van der Waals surface area contributed by atoms with Gasteiger partial charge in [-0.05, 0) is 32.2 Å². The van der Waals surface area contributed by atoms with E-state index in [1.807, 2.05) is 49.3 Å². The minimum atomic E-state index is -0.289. The molecule has 32 heavy (non-hydrogen) atoms. The summed E-state index contributed by atoms with van der Waals surface area (Å²) in [5.41, 5.74) is 4.72. The molecule has 0 amide bonds. The van der Waals surface area contributed by atoms with Crippen molar-refractivity contribution in [3.05, 3.63) is 54.2 Å². The number of imidazole rings is 1. The van der Waals surface area contributed by atoms with Gasteiger partial charge in [-0.25, -0.2) is 19.0 Å². The number of hydrogen-bond acceptors (Lipinski definition) is 6. The molecule has 0 radical (unpaired) electrons. The number of nitrogens with one attached hydrogen (secondary N) is 1. The maximum absolute atomic E-state index is 14.4. The smallest absolute Gasteiger partial charge is 0.164 e. The molecule has 4 heterocycles. The van der Waals surface area contributed by atoms with Crippen LogP contribution in [-0.2, 0) is 11.3 Å². The number of pyridine rings is 1. The molecule has 0 atom stereocenters. The Morgan fingerprint density at radius 2 is 2.00 bits per heavy atom. The molecule has 1 saturated heterocycles. The van der Waals surface area contributed by atoms with Crippen LogP contribution in [0.15, 0.2) is 42.9 Å². The van der Waals surface area contributed by atoms with E-state index in [9.17, 15) is 4.39 Å². The number of aromatic nitrogens is 5. The van der Waals surface area contributed by atoms with E-state index in [1.165, 1.54) is 6.07 Å². The third-order valence-corrected chi connectivity index (χ3v) is 5.72. The SMILES string of the molecule is CNCCn1cnc2c(N3CCOCC3)cc(-n3ccc(-c4cc(C)ccc4F)n3)nc21. The van der Waals surface area contributed by atoms with Crippen molar-refractivity contribution < 1.29 is 9.13 Å². The van der Waals surface area contributed by atoms with Crippen LogP contribution >= 0.6 is 0 Å². The number of likely N-dealkylation sites (N-methyl/N-ethyl adjacent to an activating group) is 1. The van der Waals surface area contributed by atoms with E-state index in [2.05, 4.69) is 20.3 Å². The number of fused-ring (bicyclic) bond motifs is 1. The zero-order chi connectivity index (χ0) is 22.1. The molecule has 1 aliphatic rings. The summed E-state index contributed by atoms with van der Waals surface area (Å²) in [5.74, 6) is 0.382. The standard InChI is InChI=1S/C23H26FN7O/c1-16-3-4-18(24)17(13-16)19-5-7-31(28-19)21-14-20(29-9-11-32-12-10-29)22-23(27-21)30(15-26-22)8-6-25-2/h3-5,7,13-15,25H,6,8-12H2,1-2H3. The summed E-state index contributed by atoms with van der Waals surface area (Å²) in [7, 11) is 1.92. The van der Waals surface area contributed by atoms with E-state index >= 15 is 0 Å². The van der Waals surface area contributed by atoms with Gasteiger partial charge < -0.3 is 19.5 Å². The van der Waals surface area contributed by atoms with Crippen LogP contribution in [0.4, 0.5) is 10.1 Å². The summed E-state index contributed by atoms with van der Waals surface area (Å²) in [6.45, 7) is 6.45. The molecule has 166 valence electrons. The van der Waals surface area contributed by atoms with E-state index in [1.54, 1.807) is 10.7 Å². The van der Waals surface area contributed by atoms with Gasteiger partial charge in [-0.1, -0.05) is 11.6 Å². The maximum atomic E-state index is 14.4. The Bertz CT molecular complexity index is 1240. The van der Waals surface area contributed by atoms with Gasteiger partial charge in [0.2, 0.25) is 0 Å². The van der Waals surface area contributed by atoms with Crippen LogP contribution in [0.3, 0.4) is 0 Å². The third kappa shape index (κ3) is 3.85. The van der Waals surface area contributed by atoms with Gasteiger partial charge in [0.15, 0.2) is 11.5 Å². The normalized spacial score (nSPS) is 14.4. The van der Waals surface area contributed by atoms with Crippen LogP contribution in [0.25, 0.3) is 28.2 Å². The Labute approximate surface area is 185 Å². The van der Waals surface area contributed by atoms with Crippen molar-refractivity contribution in [3.8, 4) is 17.1 Å². The zero-order valence-electron chi connectivity index (χ0n) is 18.3. The van der Waals surface area contributed by atoms with Gasteiger partial charge in [0.25, 0.3) is 0 Å². The lowest BCUT2D eigenvalue weighted by Crippen LogP contribution is -2.36. The topological polar surface area (TPSA) is 73.0 Å². The van der Waals surface area contributed by atoms with E-state index in [-0.39, 0.29) is 5.82 Å². The summed E-state index contributed by atoms with van der Waals surface area (Å²) in [4.78, 5) is 11.8. The minimum absolute atomic E-state index is 0.289. The van der Waals surface area contributed by atoms with Crippen LogP contribution in [-0.4, -0.2) is 64.2 Å². The highest BCUT2D eigenvalue weighted by molar-refractivity contribution is 5.87. The molecule has 1 N–H and O–H groups in total. The summed E-state index contributed by atoms with van der Waals surface area (Å²) in [6.07, 6.45) is 3.65. The molecule has 0 spiro atoms. The predicted octanol–water partition coefficient (Wildman–Crippen LogP) is 2.79. The van der Waals surface area contributed by atoms with Crippen molar-refractivity contribution in [1.82, 2.24) is 29.6 Å². The van der Waals surface area contributed by atoms with Crippen molar-refractivity contribution in [2.45, 2.75) is 13.5 Å². The zero-order valence-corrected chi connectivity index (χ0v) is 18.3. The van der Waals surface area contributed by atoms with Gasteiger partial charge in [-0.3, -0.25) is 0 Å². The third-order valence-electron chi connectivity index (χ3n) is 5.72. The summed E-state index contributed by atoms with van der Waals surface area (Å²) in [6, 6.07) is 8.87. The fraction of sp³-hybridized carbons (Fsp3) is 0.348. The molecule has 1 aromatic carbocycles. The highest BCUT2D eigenvalue weighted by Crippen LogP contribution is 2.29. The summed E-state index contributed by atoms with van der Waals surface area (Å²) < 4.78 is 23.7. The van der Waals surface area contributed by atoms with Gasteiger partial charge in [0.05, 0.1) is 30.9 Å². The first-order valence-electron chi connectivity index (χ1n) is 10.8. The number of hydrogen-bond donors (Lipinski definition) is 1. The first kappa shape index (κ1) is 20.6. The molecule has 1 aliphatic heterocycles. The molecular formula is C23H26FN7O. The average Bonchev–Trinajstić information content (AvgIpc) is 3.47. The largest absolute Gasteiger partial charge is 0.378 e. The quantitative estimate of drug-likeness (QED) is 0.502. The van der Waals surface area contributed by atoms with E-state index in [0.29, 0.717) is 30.3 Å². The summed E-state index contributed by atoms with van der Waals surface area (Å²) >= 11 is 0. The predicted molar refractivity (Wildman–Crippen MR) is 122 cm³/mol. The molecule has 1 fully saturated rings. The van der Waals surface area contributed by atoms with Gasteiger partial charge in [-0.2, -0.15) is 5.10 Å². The second kappa shape index (κ2) is 8.68. The molecule has 4 aromatic rings. The molecular weight excluding hydrogens is 409 g/mol. The monoisotopic (exact) mass is 435 g/mol. The van der Waals surface area contributed by atoms with E-state index in [4.69, 9.17) is 9.72 Å². The second-order valence-electron chi connectivity index (χ2n) is 7.94. The lowest BCUT2D eigenvalue weighted by atomic mass is 10.1. The van der Waals surface area contributed by atoms with Gasteiger partial charge >= 0.3 is 0 Å². The second-order valence-corrected chi connectivity index (χ2v) is 7.94. The van der Waals surface area contributed by atoms with Crippen LogP contribution < -0.4 is 10.2 Å². The molecule has 8 nitrogen and oxygen atoms in total. The maximum Gasteiger partial charge on any atom is 0.164 e. The Morgan fingerprint density at radius 1 is 1.16 bits per heavy atom. The molecule has 0 unspecified atom stereocenters. The number of halogens is 1. The van der Waals surface area contributed by atoms with Crippen molar-refractivity contribution in [3.63, 3.8) is 0 Å². The lowest BCUT2D eigenvalue weighted by Gasteiger charge is -2.29. The fourth-order valence-electron chi connectivity index (χ4n) is 3.99. The minimum Gasteiger partial charge on any atom is -0.378 e. The first-order chi connectivity index (χ1) is 15.6.